The third-order valence-corrected chi connectivity index (χ3v) is 5.21. The van der Waals surface area contributed by atoms with Gasteiger partial charge in [0.25, 0.3) is 0 Å². The van der Waals surface area contributed by atoms with Gasteiger partial charge in [-0.05, 0) is 44.0 Å². The van der Waals surface area contributed by atoms with E-state index in [1.165, 1.54) is 5.56 Å². The second-order valence-corrected chi connectivity index (χ2v) is 7.49. The number of ether oxygens (including phenoxy) is 3. The molecule has 0 aliphatic carbocycles. The Kier molecular flexibility index (Phi) is 11.5. The first-order valence-corrected chi connectivity index (χ1v) is 10.8. The molecule has 1 aromatic carbocycles. The molecule has 7 heteroatoms. The summed E-state index contributed by atoms with van der Waals surface area (Å²) in [7, 11) is 1.98. The molecular formula is C22H38N2O5. The number of nitrogens with one attached hydrogen (secondary N) is 1. The number of aliphatic hydroxyl groups is 2. The standard InChI is InChI=1S/C22H38N2O5/c1-3-4-5-22(26)29-15-14-28-19-8-6-18(7-9-19)21(23-2)17-24-11-10-20(16-24)27-13-12-25/h6-9,20-23,25-26H,3-5,10-17H2,1-2H3. The maximum absolute atomic E-state index is 9.67. The predicted octanol–water partition coefficient (Wildman–Crippen LogP) is 1.93. The van der Waals surface area contributed by atoms with Gasteiger partial charge < -0.3 is 29.7 Å². The van der Waals surface area contributed by atoms with Crippen molar-refractivity contribution in [2.45, 2.75) is 51.0 Å². The molecule has 0 amide bonds. The van der Waals surface area contributed by atoms with Crippen LogP contribution in [-0.4, -0.2) is 80.6 Å². The monoisotopic (exact) mass is 410 g/mol. The van der Waals surface area contributed by atoms with E-state index in [-0.39, 0.29) is 18.8 Å². The summed E-state index contributed by atoms with van der Waals surface area (Å²) in [4.78, 5) is 2.40. The summed E-state index contributed by atoms with van der Waals surface area (Å²) in [5.74, 6) is 0.800. The van der Waals surface area contributed by atoms with E-state index >= 15 is 0 Å². The highest BCUT2D eigenvalue weighted by Gasteiger charge is 2.25. The van der Waals surface area contributed by atoms with E-state index in [0.29, 0.717) is 26.2 Å². The zero-order valence-corrected chi connectivity index (χ0v) is 17.9. The lowest BCUT2D eigenvalue weighted by Gasteiger charge is -2.24. The molecule has 0 saturated carbocycles. The van der Waals surface area contributed by atoms with Crippen molar-refractivity contribution in [3.63, 3.8) is 0 Å². The van der Waals surface area contributed by atoms with E-state index in [1.807, 2.05) is 19.2 Å². The van der Waals surface area contributed by atoms with Gasteiger partial charge >= 0.3 is 0 Å². The van der Waals surface area contributed by atoms with Crippen molar-refractivity contribution in [3.05, 3.63) is 29.8 Å². The van der Waals surface area contributed by atoms with Gasteiger partial charge in [0.05, 0.1) is 25.9 Å². The Labute approximate surface area is 175 Å². The lowest BCUT2D eigenvalue weighted by molar-refractivity contribution is -0.109. The Morgan fingerprint density at radius 2 is 2.00 bits per heavy atom. The molecule has 1 aliphatic heterocycles. The van der Waals surface area contributed by atoms with Gasteiger partial charge in [-0.25, -0.2) is 0 Å². The van der Waals surface area contributed by atoms with E-state index < -0.39 is 6.29 Å². The van der Waals surface area contributed by atoms with Crippen LogP contribution in [0.5, 0.6) is 5.75 Å². The molecule has 0 aromatic heterocycles. The van der Waals surface area contributed by atoms with E-state index in [4.69, 9.17) is 19.3 Å². The summed E-state index contributed by atoms with van der Waals surface area (Å²) in [6, 6.07) is 8.36. The van der Waals surface area contributed by atoms with Gasteiger partial charge in [0.1, 0.15) is 12.4 Å². The van der Waals surface area contributed by atoms with Crippen LogP contribution in [0.1, 0.15) is 44.2 Å². The predicted molar refractivity (Wildman–Crippen MR) is 113 cm³/mol. The molecule has 2 rings (SSSR count). The van der Waals surface area contributed by atoms with Crippen LogP contribution in [0.25, 0.3) is 0 Å². The van der Waals surface area contributed by atoms with Crippen LogP contribution in [0.2, 0.25) is 0 Å². The maximum atomic E-state index is 9.67. The number of nitrogens with zero attached hydrogens (tertiary/aromatic N) is 1. The normalized spacial score (nSPS) is 19.4. The number of hydrogen-bond acceptors (Lipinski definition) is 7. The van der Waals surface area contributed by atoms with Gasteiger partial charge in [-0.3, -0.25) is 4.90 Å². The highest BCUT2D eigenvalue weighted by atomic mass is 16.6. The van der Waals surface area contributed by atoms with Gasteiger partial charge in [0, 0.05) is 25.7 Å². The van der Waals surface area contributed by atoms with Crippen LogP contribution in [0, 0.1) is 0 Å². The number of hydrogen-bond donors (Lipinski definition) is 3. The van der Waals surface area contributed by atoms with Gasteiger partial charge in [-0.2, -0.15) is 0 Å². The molecule has 29 heavy (non-hydrogen) atoms. The van der Waals surface area contributed by atoms with Crippen LogP contribution in [0.4, 0.5) is 0 Å². The van der Waals surface area contributed by atoms with Crippen molar-refractivity contribution in [2.75, 3.05) is 53.1 Å². The lowest BCUT2D eigenvalue weighted by Crippen LogP contribution is -2.33. The molecule has 7 nitrogen and oxygen atoms in total. The zero-order valence-electron chi connectivity index (χ0n) is 17.9. The Balaban J connectivity index is 1.72. The fraction of sp³-hybridized carbons (Fsp3) is 0.727. The van der Waals surface area contributed by atoms with Gasteiger partial charge in [-0.1, -0.05) is 25.5 Å². The van der Waals surface area contributed by atoms with Gasteiger partial charge in [0.15, 0.2) is 6.29 Å². The van der Waals surface area contributed by atoms with Crippen molar-refractivity contribution < 1.29 is 24.4 Å². The number of likely N-dealkylation sites (N-methyl/N-ethyl adjacent to an activating group) is 1. The van der Waals surface area contributed by atoms with Gasteiger partial charge in [0.2, 0.25) is 0 Å². The SMILES string of the molecule is CCCCC(O)OCCOc1ccc(C(CN2CCC(OCCO)C2)NC)cc1. The average Bonchev–Trinajstić information content (AvgIpc) is 3.20. The summed E-state index contributed by atoms with van der Waals surface area (Å²) in [6.45, 7) is 6.21. The molecule has 1 aromatic rings. The summed E-state index contributed by atoms with van der Waals surface area (Å²) >= 11 is 0. The minimum atomic E-state index is -0.698. The lowest BCUT2D eigenvalue weighted by atomic mass is 10.1. The Morgan fingerprint density at radius 3 is 2.69 bits per heavy atom. The van der Waals surface area contributed by atoms with Crippen molar-refractivity contribution in [1.82, 2.24) is 10.2 Å². The minimum Gasteiger partial charge on any atom is -0.491 e. The van der Waals surface area contributed by atoms with Crippen LogP contribution >= 0.6 is 0 Å². The molecular weight excluding hydrogens is 372 g/mol. The summed E-state index contributed by atoms with van der Waals surface area (Å²) in [6.07, 6.45) is 3.21. The Morgan fingerprint density at radius 1 is 1.21 bits per heavy atom. The second-order valence-electron chi connectivity index (χ2n) is 7.49. The molecule has 1 heterocycles. The highest BCUT2D eigenvalue weighted by Crippen LogP contribution is 2.21. The number of unbranched alkanes of at least 4 members (excludes halogenated alkanes) is 1. The van der Waals surface area contributed by atoms with E-state index in [1.54, 1.807) is 0 Å². The average molecular weight is 411 g/mol. The molecule has 166 valence electrons. The molecule has 0 bridgehead atoms. The molecule has 3 atom stereocenters. The molecule has 1 fully saturated rings. The first-order chi connectivity index (χ1) is 14.2. The minimum absolute atomic E-state index is 0.0790. The number of likely N-dealkylation sites (tertiary alicyclic amines) is 1. The molecule has 3 unspecified atom stereocenters. The summed E-state index contributed by atoms with van der Waals surface area (Å²) < 4.78 is 16.7. The van der Waals surface area contributed by atoms with E-state index in [2.05, 4.69) is 29.3 Å². The third kappa shape index (κ3) is 8.99. The molecule has 1 aliphatic rings. The molecule has 0 spiro atoms. The maximum Gasteiger partial charge on any atom is 0.154 e. The topological polar surface area (TPSA) is 83.4 Å². The number of rotatable bonds is 15. The van der Waals surface area contributed by atoms with E-state index in [9.17, 15) is 5.11 Å². The smallest absolute Gasteiger partial charge is 0.154 e. The van der Waals surface area contributed by atoms with Crippen LogP contribution in [0.3, 0.4) is 0 Å². The summed E-state index contributed by atoms with van der Waals surface area (Å²) in [5.41, 5.74) is 1.21. The van der Waals surface area contributed by atoms with Crippen molar-refractivity contribution in [3.8, 4) is 5.75 Å². The highest BCUT2D eigenvalue weighted by molar-refractivity contribution is 5.29. The number of benzene rings is 1. The van der Waals surface area contributed by atoms with Crippen molar-refractivity contribution in [1.29, 1.82) is 0 Å². The fourth-order valence-corrected chi connectivity index (χ4v) is 3.54. The van der Waals surface area contributed by atoms with E-state index in [0.717, 1.165) is 44.6 Å². The van der Waals surface area contributed by atoms with Gasteiger partial charge in [-0.15, -0.1) is 0 Å². The number of aliphatic hydroxyl groups excluding tert-OH is 2. The molecule has 0 radical (unpaired) electrons. The second kappa shape index (κ2) is 13.9. The third-order valence-electron chi connectivity index (χ3n) is 5.21. The van der Waals surface area contributed by atoms with Crippen LogP contribution in [0.15, 0.2) is 24.3 Å². The zero-order chi connectivity index (χ0) is 20.9. The van der Waals surface area contributed by atoms with Crippen LogP contribution < -0.4 is 10.1 Å². The van der Waals surface area contributed by atoms with Crippen molar-refractivity contribution in [2.24, 2.45) is 0 Å². The first kappa shape index (κ1) is 24.1. The Bertz CT molecular complexity index is 543. The summed E-state index contributed by atoms with van der Waals surface area (Å²) in [5, 5.41) is 22.0. The largest absolute Gasteiger partial charge is 0.491 e. The molecule has 3 N–H and O–H groups in total. The fourth-order valence-electron chi connectivity index (χ4n) is 3.54. The quantitative estimate of drug-likeness (QED) is 0.301. The first-order valence-electron chi connectivity index (χ1n) is 10.8. The van der Waals surface area contributed by atoms with Crippen LogP contribution in [-0.2, 0) is 9.47 Å². The van der Waals surface area contributed by atoms with Crippen molar-refractivity contribution >= 4 is 0 Å². The Hall–Kier alpha value is -1.22. The molecule has 1 saturated heterocycles.